The van der Waals surface area contributed by atoms with Gasteiger partial charge in [-0.25, -0.2) is 4.84 Å². The van der Waals surface area contributed by atoms with Gasteiger partial charge in [-0.3, -0.25) is 14.5 Å². The summed E-state index contributed by atoms with van der Waals surface area (Å²) in [6, 6.07) is 3.88. The van der Waals surface area contributed by atoms with Gasteiger partial charge in [-0.2, -0.15) is 5.48 Å². The molecule has 29 heavy (non-hydrogen) atoms. The molecule has 0 radical (unpaired) electrons. The van der Waals surface area contributed by atoms with Gasteiger partial charge >= 0.3 is 0 Å². The zero-order valence-corrected chi connectivity index (χ0v) is 17.1. The number of nitrogens with zero attached hydrogens (tertiary/aromatic N) is 1. The Hall–Kier alpha value is -2.06. The summed E-state index contributed by atoms with van der Waals surface area (Å²) in [5.41, 5.74) is 5.54. The fourth-order valence-electron chi connectivity index (χ4n) is 4.42. The zero-order valence-electron chi connectivity index (χ0n) is 17.1. The van der Waals surface area contributed by atoms with Crippen molar-refractivity contribution in [3.8, 4) is 0 Å². The summed E-state index contributed by atoms with van der Waals surface area (Å²) in [5, 5.41) is 3.24. The number of rotatable bonds is 7. The van der Waals surface area contributed by atoms with Crippen LogP contribution in [-0.2, 0) is 22.4 Å². The van der Waals surface area contributed by atoms with Gasteiger partial charge in [0.05, 0.1) is 20.3 Å². The molecule has 3 N–H and O–H groups in total. The highest BCUT2D eigenvalue weighted by Gasteiger charge is 2.37. The van der Waals surface area contributed by atoms with Crippen LogP contribution < -0.4 is 10.8 Å². The molecule has 4 rings (SSSR count). The number of quaternary nitrogens is 1. The number of fused-ring (bicyclic) bond motifs is 2. The van der Waals surface area contributed by atoms with Crippen molar-refractivity contribution in [3.05, 3.63) is 45.8 Å². The highest BCUT2D eigenvalue weighted by molar-refractivity contribution is 6.25. The summed E-state index contributed by atoms with van der Waals surface area (Å²) >= 11 is 0. The summed E-state index contributed by atoms with van der Waals surface area (Å²) in [6.07, 6.45) is 5.12. The van der Waals surface area contributed by atoms with Crippen molar-refractivity contribution >= 4 is 11.6 Å². The molecule has 1 aliphatic heterocycles. The van der Waals surface area contributed by atoms with Gasteiger partial charge in [-0.1, -0.05) is 0 Å². The number of morpholine rings is 1. The van der Waals surface area contributed by atoms with Crippen molar-refractivity contribution in [2.75, 3.05) is 46.5 Å². The van der Waals surface area contributed by atoms with Gasteiger partial charge in [0, 0.05) is 30.8 Å². The van der Waals surface area contributed by atoms with E-state index in [0.717, 1.165) is 65.0 Å². The van der Waals surface area contributed by atoms with Crippen LogP contribution in [-0.4, -0.2) is 63.0 Å². The van der Waals surface area contributed by atoms with Crippen LogP contribution in [0.5, 0.6) is 0 Å². The molecule has 1 fully saturated rings. The van der Waals surface area contributed by atoms with Crippen LogP contribution in [0.2, 0.25) is 0 Å². The third kappa shape index (κ3) is 4.28. The van der Waals surface area contributed by atoms with E-state index in [1.165, 1.54) is 23.7 Å². The number of nitrogens with two attached hydrogens (primary N) is 1. The van der Waals surface area contributed by atoms with E-state index in [2.05, 4.69) is 10.2 Å². The van der Waals surface area contributed by atoms with Gasteiger partial charge in [0.15, 0.2) is 5.70 Å². The highest BCUT2D eigenvalue weighted by Crippen LogP contribution is 2.30. The van der Waals surface area contributed by atoms with Crippen LogP contribution in [0.1, 0.15) is 51.1 Å². The van der Waals surface area contributed by atoms with Crippen molar-refractivity contribution in [2.24, 2.45) is 0 Å². The normalized spacial score (nSPS) is 19.9. The topological polar surface area (TPSA) is 84.5 Å². The molecule has 3 aliphatic rings. The summed E-state index contributed by atoms with van der Waals surface area (Å²) in [6.45, 7) is 5.02. The Morgan fingerprint density at radius 2 is 1.72 bits per heavy atom. The smallest absolute Gasteiger partial charge is 0.252 e. The van der Waals surface area contributed by atoms with Crippen LogP contribution >= 0.6 is 0 Å². The van der Waals surface area contributed by atoms with Crippen LogP contribution in [0.4, 0.5) is 0 Å². The number of aryl methyl sites for hydroxylation is 2. The lowest BCUT2D eigenvalue weighted by atomic mass is 9.82. The first-order chi connectivity index (χ1) is 14.2. The van der Waals surface area contributed by atoms with E-state index in [0.29, 0.717) is 29.1 Å². The van der Waals surface area contributed by atoms with Crippen LogP contribution in [0, 0.1) is 0 Å². The first kappa shape index (κ1) is 20.2. The van der Waals surface area contributed by atoms with Crippen molar-refractivity contribution in [1.29, 1.82) is 0 Å². The predicted molar refractivity (Wildman–Crippen MR) is 108 cm³/mol. The summed E-state index contributed by atoms with van der Waals surface area (Å²) in [7, 11) is 1.50. The Labute approximate surface area is 171 Å². The number of Topliss-reactive ketones (excluding diaryl/α,β-unsaturated/α-hetero) is 2. The Balaban J connectivity index is 1.51. The molecule has 2 aliphatic carbocycles. The molecule has 0 aromatic heterocycles. The monoisotopic (exact) mass is 400 g/mol. The zero-order chi connectivity index (χ0) is 20.2. The van der Waals surface area contributed by atoms with Crippen LogP contribution in [0.25, 0.3) is 0 Å². The molecule has 0 saturated carbocycles. The molecule has 1 aromatic carbocycles. The second-order valence-corrected chi connectivity index (χ2v) is 7.91. The molecule has 1 saturated heterocycles. The minimum Gasteiger partial charge on any atom is -0.379 e. The van der Waals surface area contributed by atoms with Gasteiger partial charge in [0.25, 0.3) is 5.78 Å². The van der Waals surface area contributed by atoms with Crippen LogP contribution in [0.15, 0.2) is 23.5 Å². The van der Waals surface area contributed by atoms with Crippen molar-refractivity contribution < 1.29 is 24.6 Å². The van der Waals surface area contributed by atoms with E-state index in [1.807, 2.05) is 12.1 Å². The van der Waals surface area contributed by atoms with Gasteiger partial charge in [0.1, 0.15) is 0 Å². The minimum absolute atomic E-state index is 0.109. The molecular formula is C22H30N3O4+. The largest absolute Gasteiger partial charge is 0.379 e. The summed E-state index contributed by atoms with van der Waals surface area (Å²) in [5.74, 6) is -0.242. The SMILES string of the molecule is CO[NH2+]C1=C(NCCCN2CCOCC2)C(=O)c2cc3c(cc2C1=O)CCCC3. The second-order valence-electron chi connectivity index (χ2n) is 7.91. The number of ether oxygens (including phenoxy) is 1. The quantitative estimate of drug-likeness (QED) is 0.515. The fourth-order valence-corrected chi connectivity index (χ4v) is 4.42. The van der Waals surface area contributed by atoms with Crippen molar-refractivity contribution in [3.63, 3.8) is 0 Å². The average Bonchev–Trinajstić information content (AvgIpc) is 2.76. The summed E-state index contributed by atoms with van der Waals surface area (Å²) in [4.78, 5) is 33.9. The number of hydrogen-bond donors (Lipinski definition) is 2. The molecule has 0 unspecified atom stereocenters. The van der Waals surface area contributed by atoms with E-state index in [9.17, 15) is 9.59 Å². The molecular weight excluding hydrogens is 370 g/mol. The molecule has 0 spiro atoms. The first-order valence-corrected chi connectivity index (χ1v) is 10.6. The van der Waals surface area contributed by atoms with Crippen molar-refractivity contribution in [1.82, 2.24) is 10.2 Å². The lowest BCUT2D eigenvalue weighted by Gasteiger charge is -2.27. The van der Waals surface area contributed by atoms with Gasteiger partial charge in [-0.05, 0) is 61.9 Å². The predicted octanol–water partition coefficient (Wildman–Crippen LogP) is 0.593. The number of benzene rings is 1. The Morgan fingerprint density at radius 3 is 2.38 bits per heavy atom. The van der Waals surface area contributed by atoms with Gasteiger partial charge < -0.3 is 10.1 Å². The Kier molecular flexibility index (Phi) is 6.40. The number of carbonyl (C=O) groups is 2. The number of hydroxylamine groups is 1. The molecule has 7 nitrogen and oxygen atoms in total. The standard InChI is InChI=1S/C22H29N3O4/c1-28-24-20-19(23-7-4-8-25-9-11-29-12-10-25)21(26)17-13-15-5-2-3-6-16(15)14-18(17)22(20)27/h13-14,23-24H,2-12H2,1H3/p+1. The number of allylic oxidation sites excluding steroid dienone is 2. The van der Waals surface area contributed by atoms with E-state index in [1.54, 1.807) is 0 Å². The van der Waals surface area contributed by atoms with Gasteiger partial charge in [-0.15, -0.1) is 0 Å². The van der Waals surface area contributed by atoms with Crippen molar-refractivity contribution in [2.45, 2.75) is 32.1 Å². The number of carbonyl (C=O) groups excluding carboxylic acids is 2. The fraction of sp³-hybridized carbons (Fsp3) is 0.545. The Bertz CT molecular complexity index is 828. The molecule has 156 valence electrons. The molecule has 0 atom stereocenters. The lowest BCUT2D eigenvalue weighted by Crippen LogP contribution is -2.83. The maximum absolute atomic E-state index is 13.3. The van der Waals surface area contributed by atoms with Crippen LogP contribution in [0.3, 0.4) is 0 Å². The third-order valence-corrected chi connectivity index (χ3v) is 6.00. The van der Waals surface area contributed by atoms with E-state index in [-0.39, 0.29) is 11.6 Å². The molecule has 7 heteroatoms. The molecule has 1 heterocycles. The molecule has 0 bridgehead atoms. The Morgan fingerprint density at radius 1 is 1.07 bits per heavy atom. The highest BCUT2D eigenvalue weighted by atomic mass is 16.6. The van der Waals surface area contributed by atoms with Gasteiger partial charge in [0.2, 0.25) is 11.5 Å². The summed E-state index contributed by atoms with van der Waals surface area (Å²) < 4.78 is 5.38. The average molecular weight is 400 g/mol. The van der Waals surface area contributed by atoms with E-state index < -0.39 is 0 Å². The molecule has 1 aromatic rings. The van der Waals surface area contributed by atoms with E-state index in [4.69, 9.17) is 9.57 Å². The number of hydrogen-bond acceptors (Lipinski definition) is 6. The molecule has 0 amide bonds. The first-order valence-electron chi connectivity index (χ1n) is 10.6. The third-order valence-electron chi connectivity index (χ3n) is 6.00. The number of ketones is 2. The van der Waals surface area contributed by atoms with E-state index >= 15 is 0 Å². The maximum atomic E-state index is 13.3. The lowest BCUT2D eigenvalue weighted by molar-refractivity contribution is -0.850. The maximum Gasteiger partial charge on any atom is 0.252 e. The second kappa shape index (κ2) is 9.17. The number of nitrogens with one attached hydrogen (secondary N) is 1. The minimum atomic E-state index is -0.134.